The van der Waals surface area contributed by atoms with Gasteiger partial charge >= 0.3 is 0 Å². The van der Waals surface area contributed by atoms with Gasteiger partial charge in [0.15, 0.2) is 9.84 Å². The number of hydrogen-bond acceptors (Lipinski definition) is 4. The van der Waals surface area contributed by atoms with E-state index in [9.17, 15) is 13.2 Å². The molecule has 0 radical (unpaired) electrons. The molecule has 4 rings (SSSR count). The van der Waals surface area contributed by atoms with Gasteiger partial charge in [0.25, 0.3) is 5.91 Å². The molecule has 0 bridgehead atoms. The SMILES string of the molecule is CCc1ccc(CN(C(=O)c2sc3cc(Cl)ccc3c2Cl)C2CCS(=O)(=O)C2)cc1. The van der Waals surface area contributed by atoms with Crippen LogP contribution in [0.5, 0.6) is 0 Å². The fraction of sp³-hybridized carbons (Fsp3) is 0.318. The minimum absolute atomic E-state index is 0.0138. The van der Waals surface area contributed by atoms with E-state index in [-0.39, 0.29) is 23.5 Å². The lowest BCUT2D eigenvalue weighted by Gasteiger charge is -2.28. The Morgan fingerprint density at radius 2 is 1.83 bits per heavy atom. The van der Waals surface area contributed by atoms with Gasteiger partial charge in [0, 0.05) is 27.7 Å². The summed E-state index contributed by atoms with van der Waals surface area (Å²) in [5.41, 5.74) is 2.18. The molecule has 4 nitrogen and oxygen atoms in total. The van der Waals surface area contributed by atoms with Crippen molar-refractivity contribution < 1.29 is 13.2 Å². The summed E-state index contributed by atoms with van der Waals surface area (Å²) in [7, 11) is -3.14. The third-order valence-corrected chi connectivity index (χ3v) is 9.11. The second-order valence-electron chi connectivity index (χ2n) is 7.55. The van der Waals surface area contributed by atoms with Crippen LogP contribution < -0.4 is 0 Å². The molecule has 30 heavy (non-hydrogen) atoms. The van der Waals surface area contributed by atoms with Crippen LogP contribution in [0.2, 0.25) is 10.0 Å². The second-order valence-corrected chi connectivity index (χ2v) is 11.6. The maximum atomic E-state index is 13.6. The smallest absolute Gasteiger partial charge is 0.266 e. The van der Waals surface area contributed by atoms with E-state index in [1.54, 1.807) is 23.1 Å². The van der Waals surface area contributed by atoms with E-state index in [1.165, 1.54) is 16.9 Å². The first-order chi connectivity index (χ1) is 14.3. The van der Waals surface area contributed by atoms with E-state index >= 15 is 0 Å². The zero-order chi connectivity index (χ0) is 21.5. The highest BCUT2D eigenvalue weighted by Crippen LogP contribution is 2.38. The first-order valence-corrected chi connectivity index (χ1v) is 13.1. The van der Waals surface area contributed by atoms with Crippen LogP contribution >= 0.6 is 34.5 Å². The van der Waals surface area contributed by atoms with E-state index in [0.29, 0.717) is 27.9 Å². The minimum atomic E-state index is -3.14. The summed E-state index contributed by atoms with van der Waals surface area (Å²) < 4.78 is 25.1. The number of hydrogen-bond donors (Lipinski definition) is 0. The molecule has 1 amide bonds. The number of nitrogens with zero attached hydrogens (tertiary/aromatic N) is 1. The van der Waals surface area contributed by atoms with Crippen molar-refractivity contribution in [3.63, 3.8) is 0 Å². The highest BCUT2D eigenvalue weighted by atomic mass is 35.5. The van der Waals surface area contributed by atoms with E-state index in [4.69, 9.17) is 23.2 Å². The van der Waals surface area contributed by atoms with Crippen molar-refractivity contribution in [1.29, 1.82) is 0 Å². The normalized spacial score (nSPS) is 18.0. The van der Waals surface area contributed by atoms with Gasteiger partial charge in [-0.15, -0.1) is 11.3 Å². The first kappa shape index (κ1) is 21.6. The summed E-state index contributed by atoms with van der Waals surface area (Å²) in [5.74, 6) is -0.148. The number of sulfone groups is 1. The zero-order valence-electron chi connectivity index (χ0n) is 16.4. The largest absolute Gasteiger partial charge is 0.330 e. The first-order valence-electron chi connectivity index (χ1n) is 9.74. The lowest BCUT2D eigenvalue weighted by atomic mass is 10.1. The zero-order valence-corrected chi connectivity index (χ0v) is 19.5. The maximum absolute atomic E-state index is 13.6. The predicted octanol–water partition coefficient (Wildman–Crippen LogP) is 5.60. The Morgan fingerprint density at radius 3 is 2.47 bits per heavy atom. The van der Waals surface area contributed by atoms with E-state index in [0.717, 1.165) is 22.1 Å². The highest BCUT2D eigenvalue weighted by molar-refractivity contribution is 7.91. The molecule has 0 spiro atoms. The molecule has 0 saturated carbocycles. The molecule has 1 aliphatic heterocycles. The highest BCUT2D eigenvalue weighted by Gasteiger charge is 2.36. The molecule has 0 aliphatic carbocycles. The number of fused-ring (bicyclic) bond motifs is 1. The lowest BCUT2D eigenvalue weighted by Crippen LogP contribution is -2.40. The van der Waals surface area contributed by atoms with Gasteiger partial charge in [-0.3, -0.25) is 4.79 Å². The van der Waals surface area contributed by atoms with Gasteiger partial charge in [-0.25, -0.2) is 8.42 Å². The number of carbonyl (C=O) groups is 1. The number of amides is 1. The Balaban J connectivity index is 1.71. The molecule has 1 unspecified atom stereocenters. The summed E-state index contributed by atoms with van der Waals surface area (Å²) in [4.78, 5) is 15.7. The minimum Gasteiger partial charge on any atom is -0.330 e. The van der Waals surface area contributed by atoms with E-state index in [1.807, 2.05) is 24.3 Å². The van der Waals surface area contributed by atoms with Crippen LogP contribution in [0.25, 0.3) is 10.1 Å². The van der Waals surface area contributed by atoms with Crippen molar-refractivity contribution in [3.8, 4) is 0 Å². The van der Waals surface area contributed by atoms with Gasteiger partial charge in [0.05, 0.1) is 16.5 Å². The summed E-state index contributed by atoms with van der Waals surface area (Å²) >= 11 is 13.9. The molecule has 0 N–H and O–H groups in total. The average Bonchev–Trinajstić information content (AvgIpc) is 3.24. The quantitative estimate of drug-likeness (QED) is 0.476. The third-order valence-electron chi connectivity index (χ3n) is 5.48. The average molecular weight is 482 g/mol. The molecule has 1 saturated heterocycles. The Morgan fingerprint density at radius 1 is 1.13 bits per heavy atom. The number of rotatable bonds is 5. The fourth-order valence-electron chi connectivity index (χ4n) is 3.77. The van der Waals surface area contributed by atoms with Crippen LogP contribution in [-0.2, 0) is 22.8 Å². The molecule has 2 heterocycles. The monoisotopic (exact) mass is 481 g/mol. The van der Waals surface area contributed by atoms with E-state index < -0.39 is 9.84 Å². The van der Waals surface area contributed by atoms with Crippen LogP contribution in [-0.4, -0.2) is 36.8 Å². The molecule has 1 fully saturated rings. The molecular formula is C22H21Cl2NO3S2. The second kappa shape index (κ2) is 8.50. The summed E-state index contributed by atoms with van der Waals surface area (Å²) in [6.07, 6.45) is 1.37. The summed E-state index contributed by atoms with van der Waals surface area (Å²) in [6.45, 7) is 2.43. The van der Waals surface area contributed by atoms with Crippen LogP contribution in [0.1, 0.15) is 34.1 Å². The molecule has 1 aliphatic rings. The lowest BCUT2D eigenvalue weighted by molar-refractivity contribution is 0.0686. The maximum Gasteiger partial charge on any atom is 0.266 e. The number of carbonyl (C=O) groups excluding carboxylic acids is 1. The standard InChI is InChI=1S/C22H21Cl2NO3S2/c1-2-14-3-5-15(6-4-14)12-25(17-9-10-30(27,28)13-17)22(26)21-20(24)18-8-7-16(23)11-19(18)29-21/h3-8,11,17H,2,9-10,12-13H2,1H3. The topological polar surface area (TPSA) is 54.5 Å². The van der Waals surface area contributed by atoms with Crippen molar-refractivity contribution in [1.82, 2.24) is 4.90 Å². The molecule has 2 aromatic carbocycles. The molecule has 158 valence electrons. The van der Waals surface area contributed by atoms with Crippen LogP contribution in [0.4, 0.5) is 0 Å². The number of benzene rings is 2. The van der Waals surface area contributed by atoms with E-state index in [2.05, 4.69) is 6.92 Å². The van der Waals surface area contributed by atoms with Gasteiger partial charge in [-0.1, -0.05) is 60.5 Å². The molecule has 3 aromatic rings. The van der Waals surface area contributed by atoms with Crippen molar-refractivity contribution in [3.05, 3.63) is 68.5 Å². The van der Waals surface area contributed by atoms with Gasteiger partial charge in [-0.2, -0.15) is 0 Å². The molecule has 8 heteroatoms. The predicted molar refractivity (Wildman–Crippen MR) is 125 cm³/mol. The van der Waals surface area contributed by atoms with Crippen LogP contribution in [0.15, 0.2) is 42.5 Å². The Kier molecular flexibility index (Phi) is 6.13. The Bertz CT molecular complexity index is 1200. The third kappa shape index (κ3) is 4.37. The summed E-state index contributed by atoms with van der Waals surface area (Å²) in [5, 5.41) is 1.75. The van der Waals surface area contributed by atoms with Crippen LogP contribution in [0, 0.1) is 0 Å². The number of thiophene rings is 1. The summed E-state index contributed by atoms with van der Waals surface area (Å²) in [6, 6.07) is 13.0. The number of halogens is 2. The van der Waals surface area contributed by atoms with Crippen molar-refractivity contribution in [2.24, 2.45) is 0 Å². The van der Waals surface area contributed by atoms with Gasteiger partial charge in [0.2, 0.25) is 0 Å². The Hall–Kier alpha value is -1.60. The van der Waals surface area contributed by atoms with Crippen molar-refractivity contribution in [2.45, 2.75) is 32.4 Å². The molecule has 1 aromatic heterocycles. The molecular weight excluding hydrogens is 461 g/mol. The van der Waals surface area contributed by atoms with Gasteiger partial charge in [-0.05, 0) is 36.1 Å². The van der Waals surface area contributed by atoms with Crippen molar-refractivity contribution in [2.75, 3.05) is 11.5 Å². The molecule has 1 atom stereocenters. The number of aryl methyl sites for hydroxylation is 1. The van der Waals surface area contributed by atoms with Gasteiger partial charge in [0.1, 0.15) is 4.88 Å². The van der Waals surface area contributed by atoms with Crippen LogP contribution in [0.3, 0.4) is 0 Å². The van der Waals surface area contributed by atoms with Gasteiger partial charge < -0.3 is 4.90 Å². The van der Waals surface area contributed by atoms with Crippen molar-refractivity contribution >= 4 is 60.4 Å². The Labute approximate surface area is 190 Å². The fourth-order valence-corrected chi connectivity index (χ4v) is 7.25.